The number of thiazole rings is 1. The molecular formula is C11H14N4O2S. The van der Waals surface area contributed by atoms with Gasteiger partial charge >= 0.3 is 5.97 Å². The summed E-state index contributed by atoms with van der Waals surface area (Å²) in [6, 6.07) is 1.88. The Morgan fingerprint density at radius 2 is 2.44 bits per heavy atom. The second-order valence-corrected chi connectivity index (χ2v) is 4.81. The Bertz CT molecular complexity index is 521. The fourth-order valence-electron chi connectivity index (χ4n) is 1.47. The highest BCUT2D eigenvalue weighted by atomic mass is 32.1. The summed E-state index contributed by atoms with van der Waals surface area (Å²) < 4.78 is 6.49. The third kappa shape index (κ3) is 2.86. The van der Waals surface area contributed by atoms with Crippen molar-refractivity contribution in [2.45, 2.75) is 13.5 Å². The van der Waals surface area contributed by atoms with Crippen LogP contribution in [-0.2, 0) is 11.3 Å². The molecule has 0 saturated heterocycles. The van der Waals surface area contributed by atoms with Crippen LogP contribution in [0.25, 0.3) is 0 Å². The fourth-order valence-corrected chi connectivity index (χ4v) is 2.30. The van der Waals surface area contributed by atoms with Crippen LogP contribution in [0.1, 0.15) is 15.4 Å². The molecule has 0 spiro atoms. The lowest BCUT2D eigenvalue weighted by molar-refractivity contribution is 0.0594. The number of aromatic nitrogens is 3. The van der Waals surface area contributed by atoms with E-state index >= 15 is 0 Å². The second-order valence-electron chi connectivity index (χ2n) is 3.61. The van der Waals surface area contributed by atoms with Crippen LogP contribution in [-0.4, -0.2) is 34.4 Å². The van der Waals surface area contributed by atoms with Gasteiger partial charge in [0, 0.05) is 23.8 Å². The second kappa shape index (κ2) is 5.63. The minimum atomic E-state index is -0.399. The summed E-state index contributed by atoms with van der Waals surface area (Å²) in [6.07, 6.45) is 3.64. The minimum Gasteiger partial charge on any atom is -0.464 e. The number of hydrogen-bond donors (Lipinski definition) is 1. The first-order valence-electron chi connectivity index (χ1n) is 5.47. The third-order valence-corrected chi connectivity index (χ3v) is 3.28. The van der Waals surface area contributed by atoms with E-state index in [0.717, 1.165) is 16.6 Å². The number of rotatable bonds is 5. The van der Waals surface area contributed by atoms with E-state index in [-0.39, 0.29) is 0 Å². The molecule has 0 saturated carbocycles. The monoisotopic (exact) mass is 266 g/mol. The van der Waals surface area contributed by atoms with Crippen LogP contribution in [0.3, 0.4) is 0 Å². The predicted molar refractivity (Wildman–Crippen MR) is 68.9 cm³/mol. The third-order valence-electron chi connectivity index (χ3n) is 2.35. The van der Waals surface area contributed by atoms with Gasteiger partial charge in [0.2, 0.25) is 0 Å². The first kappa shape index (κ1) is 12.6. The number of ether oxygens (including phenoxy) is 1. The Balaban J connectivity index is 1.92. The number of nitrogens with zero attached hydrogens (tertiary/aromatic N) is 3. The molecule has 2 aromatic heterocycles. The van der Waals surface area contributed by atoms with Crippen molar-refractivity contribution in [3.63, 3.8) is 0 Å². The summed E-state index contributed by atoms with van der Waals surface area (Å²) in [5.74, 6) is -0.399. The van der Waals surface area contributed by atoms with Gasteiger partial charge in [-0.2, -0.15) is 5.10 Å². The average Bonchev–Trinajstić information content (AvgIpc) is 2.98. The zero-order valence-corrected chi connectivity index (χ0v) is 11.0. The zero-order chi connectivity index (χ0) is 13.0. The van der Waals surface area contributed by atoms with Gasteiger partial charge in [-0.3, -0.25) is 4.68 Å². The van der Waals surface area contributed by atoms with Gasteiger partial charge in [0.15, 0.2) is 10.8 Å². The minimum absolute atomic E-state index is 0.379. The largest absolute Gasteiger partial charge is 0.464 e. The number of carbonyl (C=O) groups is 1. The molecule has 96 valence electrons. The summed E-state index contributed by atoms with van der Waals surface area (Å²) in [6.45, 7) is 3.30. The Kier molecular flexibility index (Phi) is 3.93. The average molecular weight is 266 g/mol. The van der Waals surface area contributed by atoms with E-state index in [4.69, 9.17) is 0 Å². The molecule has 2 rings (SSSR count). The first-order valence-corrected chi connectivity index (χ1v) is 6.29. The van der Waals surface area contributed by atoms with Gasteiger partial charge in [-0.1, -0.05) is 0 Å². The van der Waals surface area contributed by atoms with Crippen LogP contribution in [0.4, 0.5) is 5.13 Å². The van der Waals surface area contributed by atoms with E-state index in [1.54, 1.807) is 6.20 Å². The van der Waals surface area contributed by atoms with E-state index in [1.807, 2.05) is 23.9 Å². The van der Waals surface area contributed by atoms with Crippen LogP contribution >= 0.6 is 11.3 Å². The van der Waals surface area contributed by atoms with Crippen molar-refractivity contribution in [2.24, 2.45) is 0 Å². The Hall–Kier alpha value is -1.89. The number of carbonyl (C=O) groups excluding carboxylic acids is 1. The maximum atomic E-state index is 11.4. The molecule has 0 atom stereocenters. The van der Waals surface area contributed by atoms with Crippen molar-refractivity contribution in [3.8, 4) is 0 Å². The van der Waals surface area contributed by atoms with Crippen molar-refractivity contribution in [3.05, 3.63) is 29.0 Å². The van der Waals surface area contributed by atoms with Crippen LogP contribution in [0.15, 0.2) is 18.5 Å². The lowest BCUT2D eigenvalue weighted by Crippen LogP contribution is -2.11. The zero-order valence-electron chi connectivity index (χ0n) is 10.2. The van der Waals surface area contributed by atoms with E-state index in [1.165, 1.54) is 18.4 Å². The van der Waals surface area contributed by atoms with Gasteiger partial charge in [-0.25, -0.2) is 9.78 Å². The van der Waals surface area contributed by atoms with E-state index in [9.17, 15) is 4.79 Å². The Morgan fingerprint density at radius 1 is 1.61 bits per heavy atom. The van der Waals surface area contributed by atoms with E-state index < -0.39 is 5.97 Å². The molecule has 0 aliphatic rings. The van der Waals surface area contributed by atoms with Gasteiger partial charge in [0.1, 0.15) is 0 Å². The fraction of sp³-hybridized carbons (Fsp3) is 0.364. The van der Waals surface area contributed by atoms with Gasteiger partial charge in [-0.05, 0) is 13.0 Å². The molecule has 0 bridgehead atoms. The standard InChI is InChI=1S/C11H14N4O2S/c1-8-9(10(16)17-2)14-11(18-8)12-5-7-15-6-3-4-13-15/h3-4,6H,5,7H2,1-2H3,(H,12,14). The highest BCUT2D eigenvalue weighted by Crippen LogP contribution is 2.22. The van der Waals surface area contributed by atoms with E-state index in [0.29, 0.717) is 12.2 Å². The number of hydrogen-bond acceptors (Lipinski definition) is 6. The molecular weight excluding hydrogens is 252 g/mol. The van der Waals surface area contributed by atoms with Crippen molar-refractivity contribution >= 4 is 22.4 Å². The summed E-state index contributed by atoms with van der Waals surface area (Å²) >= 11 is 1.44. The lowest BCUT2D eigenvalue weighted by Gasteiger charge is -2.02. The highest BCUT2D eigenvalue weighted by molar-refractivity contribution is 7.15. The SMILES string of the molecule is COC(=O)c1nc(NCCn2cccn2)sc1C. The van der Waals surface area contributed by atoms with Crippen molar-refractivity contribution < 1.29 is 9.53 Å². The number of aryl methyl sites for hydroxylation is 1. The normalized spacial score (nSPS) is 10.3. The molecule has 6 nitrogen and oxygen atoms in total. The maximum Gasteiger partial charge on any atom is 0.357 e. The first-order chi connectivity index (χ1) is 8.70. The molecule has 2 aromatic rings. The Morgan fingerprint density at radius 3 is 3.11 bits per heavy atom. The smallest absolute Gasteiger partial charge is 0.357 e. The molecule has 0 aliphatic heterocycles. The Labute approximate surface area is 109 Å². The molecule has 7 heteroatoms. The van der Waals surface area contributed by atoms with Gasteiger partial charge in [-0.15, -0.1) is 11.3 Å². The molecule has 2 heterocycles. The maximum absolute atomic E-state index is 11.4. The van der Waals surface area contributed by atoms with Crippen LogP contribution in [0.2, 0.25) is 0 Å². The molecule has 0 aromatic carbocycles. The summed E-state index contributed by atoms with van der Waals surface area (Å²) in [7, 11) is 1.35. The van der Waals surface area contributed by atoms with Crippen LogP contribution < -0.4 is 5.32 Å². The summed E-state index contributed by atoms with van der Waals surface area (Å²) in [4.78, 5) is 16.4. The van der Waals surface area contributed by atoms with Crippen LogP contribution in [0, 0.1) is 6.92 Å². The highest BCUT2D eigenvalue weighted by Gasteiger charge is 2.15. The molecule has 1 N–H and O–H groups in total. The van der Waals surface area contributed by atoms with Crippen molar-refractivity contribution in [2.75, 3.05) is 19.0 Å². The topological polar surface area (TPSA) is 69.0 Å². The molecule has 0 unspecified atom stereocenters. The number of anilines is 1. The molecule has 0 amide bonds. The summed E-state index contributed by atoms with van der Waals surface area (Å²) in [5, 5.41) is 7.98. The quantitative estimate of drug-likeness (QED) is 0.831. The lowest BCUT2D eigenvalue weighted by atomic mass is 10.4. The van der Waals surface area contributed by atoms with Crippen LogP contribution in [0.5, 0.6) is 0 Å². The molecule has 18 heavy (non-hydrogen) atoms. The predicted octanol–water partition coefficient (Wildman–Crippen LogP) is 1.55. The van der Waals surface area contributed by atoms with Gasteiger partial charge in [0.25, 0.3) is 0 Å². The van der Waals surface area contributed by atoms with E-state index in [2.05, 4.69) is 20.1 Å². The van der Waals surface area contributed by atoms with Crippen molar-refractivity contribution in [1.29, 1.82) is 0 Å². The molecule has 0 radical (unpaired) electrons. The van der Waals surface area contributed by atoms with Gasteiger partial charge in [0.05, 0.1) is 13.7 Å². The number of nitrogens with one attached hydrogen (secondary N) is 1. The number of esters is 1. The van der Waals surface area contributed by atoms with Gasteiger partial charge < -0.3 is 10.1 Å². The van der Waals surface area contributed by atoms with Crippen molar-refractivity contribution in [1.82, 2.24) is 14.8 Å². The number of methoxy groups -OCH3 is 1. The summed E-state index contributed by atoms with van der Waals surface area (Å²) in [5.41, 5.74) is 0.379. The molecule has 0 aliphatic carbocycles. The molecule has 0 fully saturated rings.